The summed E-state index contributed by atoms with van der Waals surface area (Å²) in [6.45, 7) is 15.6. The fraction of sp³-hybridized carbons (Fsp3) is 1.00. The lowest BCUT2D eigenvalue weighted by atomic mass is 9.52. The lowest BCUT2D eigenvalue weighted by Crippen LogP contribution is -2.52. The van der Waals surface area contributed by atoms with Crippen LogP contribution < -0.4 is 0 Å². The van der Waals surface area contributed by atoms with Gasteiger partial charge in [0, 0.05) is 12.6 Å². The molecule has 0 aromatic rings. The third-order valence-electron chi connectivity index (χ3n) is 4.97. The van der Waals surface area contributed by atoms with Crippen LogP contribution in [0.15, 0.2) is 0 Å². The van der Waals surface area contributed by atoms with E-state index in [4.69, 9.17) is 0 Å². The Morgan fingerprint density at radius 2 is 1.81 bits per heavy atom. The first-order valence-corrected chi connectivity index (χ1v) is 6.99. The van der Waals surface area contributed by atoms with Gasteiger partial charge in [-0.05, 0) is 50.0 Å². The summed E-state index contributed by atoms with van der Waals surface area (Å²) in [7, 11) is 2.29. The quantitative estimate of drug-likeness (QED) is 0.682. The van der Waals surface area contributed by atoms with Gasteiger partial charge in [0.25, 0.3) is 0 Å². The highest BCUT2D eigenvalue weighted by Crippen LogP contribution is 2.53. The van der Waals surface area contributed by atoms with Crippen molar-refractivity contribution in [1.82, 2.24) is 4.90 Å². The summed E-state index contributed by atoms with van der Waals surface area (Å²) in [6, 6.07) is 0.726. The van der Waals surface area contributed by atoms with Gasteiger partial charge in [-0.1, -0.05) is 34.6 Å². The third kappa shape index (κ3) is 2.80. The Morgan fingerprint density at radius 3 is 2.19 bits per heavy atom. The first kappa shape index (κ1) is 14.0. The topological polar surface area (TPSA) is 3.24 Å². The summed E-state index contributed by atoms with van der Waals surface area (Å²) in [4.78, 5) is 2.56. The molecule has 1 rings (SSSR count). The van der Waals surface area contributed by atoms with Gasteiger partial charge in [0.15, 0.2) is 0 Å². The van der Waals surface area contributed by atoms with Crippen LogP contribution in [0, 0.1) is 23.2 Å². The van der Waals surface area contributed by atoms with Crippen molar-refractivity contribution in [2.45, 2.75) is 60.4 Å². The van der Waals surface area contributed by atoms with E-state index in [9.17, 15) is 0 Å². The van der Waals surface area contributed by atoms with Gasteiger partial charge in [0.1, 0.15) is 0 Å². The van der Waals surface area contributed by atoms with Crippen molar-refractivity contribution in [3.63, 3.8) is 0 Å². The molecule has 3 atom stereocenters. The maximum absolute atomic E-state index is 2.56. The van der Waals surface area contributed by atoms with Gasteiger partial charge in [0.2, 0.25) is 0 Å². The van der Waals surface area contributed by atoms with Gasteiger partial charge in [-0.3, -0.25) is 0 Å². The SMILES string of the molecule is CCC(C)N(C)CC1C(C(C)C)CC1(C)C. The second-order valence-corrected chi connectivity index (χ2v) is 6.90. The molecule has 0 N–H and O–H groups in total. The molecule has 0 heterocycles. The zero-order valence-electron chi connectivity index (χ0n) is 12.4. The number of rotatable bonds is 5. The maximum Gasteiger partial charge on any atom is 0.00613 e. The molecule has 3 unspecified atom stereocenters. The van der Waals surface area contributed by atoms with Crippen LogP contribution in [0.25, 0.3) is 0 Å². The third-order valence-corrected chi connectivity index (χ3v) is 4.97. The Hall–Kier alpha value is -0.0400. The first-order chi connectivity index (χ1) is 7.29. The molecule has 0 amide bonds. The van der Waals surface area contributed by atoms with Crippen molar-refractivity contribution in [2.24, 2.45) is 23.2 Å². The number of hydrogen-bond acceptors (Lipinski definition) is 1. The van der Waals surface area contributed by atoms with E-state index in [1.807, 2.05) is 0 Å². The molecule has 0 aliphatic heterocycles. The summed E-state index contributed by atoms with van der Waals surface area (Å²) in [5, 5.41) is 0. The van der Waals surface area contributed by atoms with Crippen LogP contribution in [0.5, 0.6) is 0 Å². The van der Waals surface area contributed by atoms with Crippen LogP contribution in [0.1, 0.15) is 54.4 Å². The van der Waals surface area contributed by atoms with Gasteiger partial charge in [0.05, 0.1) is 0 Å². The zero-order valence-corrected chi connectivity index (χ0v) is 12.4. The Morgan fingerprint density at radius 1 is 1.25 bits per heavy atom. The summed E-state index contributed by atoms with van der Waals surface area (Å²) in [6.07, 6.45) is 2.68. The van der Waals surface area contributed by atoms with Crippen molar-refractivity contribution in [2.75, 3.05) is 13.6 Å². The highest BCUT2D eigenvalue weighted by atomic mass is 15.1. The Labute approximate surface area is 103 Å². The first-order valence-electron chi connectivity index (χ1n) is 6.99. The summed E-state index contributed by atoms with van der Waals surface area (Å²) >= 11 is 0. The molecule has 1 fully saturated rings. The molecular formula is C15H31N. The molecule has 0 bridgehead atoms. The molecule has 16 heavy (non-hydrogen) atoms. The van der Waals surface area contributed by atoms with Crippen LogP contribution in [0.4, 0.5) is 0 Å². The van der Waals surface area contributed by atoms with Crippen molar-refractivity contribution < 1.29 is 0 Å². The van der Waals surface area contributed by atoms with E-state index in [0.717, 1.165) is 23.8 Å². The average Bonchev–Trinajstić information content (AvgIpc) is 2.21. The summed E-state index contributed by atoms with van der Waals surface area (Å²) < 4.78 is 0. The fourth-order valence-electron chi connectivity index (χ4n) is 3.20. The van der Waals surface area contributed by atoms with E-state index in [-0.39, 0.29) is 0 Å². The Balaban J connectivity index is 2.56. The van der Waals surface area contributed by atoms with Crippen LogP contribution in [-0.2, 0) is 0 Å². The average molecular weight is 225 g/mol. The molecule has 1 heteroatoms. The minimum absolute atomic E-state index is 0.566. The molecule has 1 nitrogen and oxygen atoms in total. The second kappa shape index (κ2) is 5.08. The number of hydrogen-bond donors (Lipinski definition) is 0. The van der Waals surface area contributed by atoms with Crippen LogP contribution in [-0.4, -0.2) is 24.5 Å². The van der Waals surface area contributed by atoms with E-state index in [2.05, 4.69) is 53.5 Å². The Kier molecular flexibility index (Phi) is 4.45. The standard InChI is InChI=1S/C15H31N/c1-8-12(4)16(7)10-14-13(11(2)3)9-15(14,5)6/h11-14H,8-10H2,1-7H3. The molecule has 0 aromatic heterocycles. The highest BCUT2D eigenvalue weighted by molar-refractivity contribution is 4.98. The van der Waals surface area contributed by atoms with Crippen LogP contribution in [0.2, 0.25) is 0 Å². The fourth-order valence-corrected chi connectivity index (χ4v) is 3.20. The van der Waals surface area contributed by atoms with E-state index in [0.29, 0.717) is 5.41 Å². The lowest BCUT2D eigenvalue weighted by molar-refractivity contribution is -0.0587. The van der Waals surface area contributed by atoms with Crippen LogP contribution >= 0.6 is 0 Å². The predicted molar refractivity (Wildman–Crippen MR) is 72.6 cm³/mol. The molecule has 96 valence electrons. The number of nitrogens with zero attached hydrogens (tertiary/aromatic N) is 1. The molecule has 1 aliphatic carbocycles. The molecule has 0 aromatic carbocycles. The van der Waals surface area contributed by atoms with Gasteiger partial charge >= 0.3 is 0 Å². The Bertz CT molecular complexity index is 219. The molecule has 0 radical (unpaired) electrons. The normalized spacial score (nSPS) is 30.6. The highest BCUT2D eigenvalue weighted by Gasteiger charge is 2.48. The second-order valence-electron chi connectivity index (χ2n) is 6.90. The van der Waals surface area contributed by atoms with Crippen molar-refractivity contribution >= 4 is 0 Å². The molecule has 0 spiro atoms. The monoisotopic (exact) mass is 225 g/mol. The van der Waals surface area contributed by atoms with Gasteiger partial charge < -0.3 is 4.90 Å². The molecular weight excluding hydrogens is 194 g/mol. The minimum Gasteiger partial charge on any atom is -0.303 e. The zero-order chi connectivity index (χ0) is 12.5. The van der Waals surface area contributed by atoms with Gasteiger partial charge in [-0.25, -0.2) is 0 Å². The van der Waals surface area contributed by atoms with Crippen molar-refractivity contribution in [1.29, 1.82) is 0 Å². The van der Waals surface area contributed by atoms with E-state index >= 15 is 0 Å². The van der Waals surface area contributed by atoms with Crippen molar-refractivity contribution in [3.8, 4) is 0 Å². The van der Waals surface area contributed by atoms with Gasteiger partial charge in [-0.15, -0.1) is 0 Å². The lowest BCUT2D eigenvalue weighted by Gasteiger charge is -2.55. The predicted octanol–water partition coefficient (Wildman–Crippen LogP) is 4.04. The summed E-state index contributed by atoms with van der Waals surface area (Å²) in [5.41, 5.74) is 0.566. The summed E-state index contributed by atoms with van der Waals surface area (Å²) in [5.74, 6) is 2.69. The van der Waals surface area contributed by atoms with E-state index < -0.39 is 0 Å². The molecule has 0 saturated heterocycles. The van der Waals surface area contributed by atoms with Crippen molar-refractivity contribution in [3.05, 3.63) is 0 Å². The molecule has 1 saturated carbocycles. The smallest absolute Gasteiger partial charge is 0.00613 e. The van der Waals surface area contributed by atoms with E-state index in [1.54, 1.807) is 0 Å². The van der Waals surface area contributed by atoms with E-state index in [1.165, 1.54) is 19.4 Å². The molecule has 1 aliphatic rings. The van der Waals surface area contributed by atoms with Gasteiger partial charge in [-0.2, -0.15) is 0 Å². The minimum atomic E-state index is 0.566. The largest absolute Gasteiger partial charge is 0.303 e. The van der Waals surface area contributed by atoms with Crippen LogP contribution in [0.3, 0.4) is 0 Å². The maximum atomic E-state index is 2.56.